The number of nitrogens with two attached hydrogens (primary N) is 1. The highest BCUT2D eigenvalue weighted by Gasteiger charge is 2.35. The molecule has 1 aliphatic rings. The highest BCUT2D eigenvalue weighted by atomic mass is 35.5. The predicted molar refractivity (Wildman–Crippen MR) is 77.0 cm³/mol. The molecule has 0 unspecified atom stereocenters. The summed E-state index contributed by atoms with van der Waals surface area (Å²) in [5, 5.41) is 2.98. The smallest absolute Gasteiger partial charge is 0.397 e. The van der Waals surface area contributed by atoms with Gasteiger partial charge in [-0.15, -0.1) is 12.4 Å². The molecule has 0 fully saturated rings. The third-order valence-corrected chi connectivity index (χ3v) is 4.02. The number of alkyl halides is 3. The molecule has 0 saturated heterocycles. The normalized spacial score (nSPS) is 12.8. The molecule has 1 aliphatic heterocycles. The number of hydrogen-bond donors (Lipinski definition) is 2. The van der Waals surface area contributed by atoms with Crippen LogP contribution in [-0.4, -0.2) is 0 Å². The third kappa shape index (κ3) is 2.41. The Morgan fingerprint density at radius 1 is 1.00 bits per heavy atom. The highest BCUT2D eigenvalue weighted by molar-refractivity contribution is 7.99. The highest BCUT2D eigenvalue weighted by Crippen LogP contribution is 2.49. The molecule has 0 aliphatic carbocycles. The summed E-state index contributed by atoms with van der Waals surface area (Å²) >= 11 is 1.41. The van der Waals surface area contributed by atoms with Crippen LogP contribution in [0.3, 0.4) is 0 Å². The summed E-state index contributed by atoms with van der Waals surface area (Å²) in [7, 11) is 0. The number of halogens is 4. The minimum Gasteiger partial charge on any atom is -0.397 e. The zero-order chi connectivity index (χ0) is 13.6. The van der Waals surface area contributed by atoms with Crippen LogP contribution in [0.1, 0.15) is 5.56 Å². The molecule has 2 nitrogen and oxygen atoms in total. The van der Waals surface area contributed by atoms with Crippen LogP contribution in [0.5, 0.6) is 0 Å². The van der Waals surface area contributed by atoms with E-state index in [0.29, 0.717) is 10.6 Å². The van der Waals surface area contributed by atoms with E-state index in [-0.39, 0.29) is 18.1 Å². The number of para-hydroxylation sites is 1. The van der Waals surface area contributed by atoms with Gasteiger partial charge in [-0.05, 0) is 24.3 Å². The first-order chi connectivity index (χ1) is 8.97. The van der Waals surface area contributed by atoms with Crippen molar-refractivity contribution in [1.82, 2.24) is 0 Å². The van der Waals surface area contributed by atoms with Gasteiger partial charge in [-0.3, -0.25) is 0 Å². The first-order valence-electron chi connectivity index (χ1n) is 5.50. The van der Waals surface area contributed by atoms with Gasteiger partial charge < -0.3 is 11.1 Å². The van der Waals surface area contributed by atoms with Gasteiger partial charge in [0.25, 0.3) is 0 Å². The molecule has 0 bridgehead atoms. The first kappa shape index (κ1) is 14.9. The van der Waals surface area contributed by atoms with Gasteiger partial charge >= 0.3 is 6.18 Å². The second-order valence-corrected chi connectivity index (χ2v) is 5.20. The molecule has 7 heteroatoms. The number of fused-ring (bicyclic) bond motifs is 2. The maximum Gasteiger partial charge on any atom is 0.418 e. The number of rotatable bonds is 0. The van der Waals surface area contributed by atoms with Crippen molar-refractivity contribution in [3.8, 4) is 0 Å². The Morgan fingerprint density at radius 2 is 1.70 bits per heavy atom. The van der Waals surface area contributed by atoms with Crippen molar-refractivity contribution >= 4 is 41.2 Å². The molecule has 20 heavy (non-hydrogen) atoms. The predicted octanol–water partition coefficient (Wildman–Crippen LogP) is 4.92. The molecule has 0 spiro atoms. The van der Waals surface area contributed by atoms with Crippen LogP contribution in [-0.2, 0) is 6.18 Å². The fraction of sp³-hybridized carbons (Fsp3) is 0.0769. The zero-order valence-corrected chi connectivity index (χ0v) is 11.6. The Labute approximate surface area is 124 Å². The molecule has 0 saturated carbocycles. The molecule has 0 radical (unpaired) electrons. The summed E-state index contributed by atoms with van der Waals surface area (Å²) in [5.41, 5.74) is 5.69. The number of anilines is 3. The second-order valence-electron chi connectivity index (χ2n) is 4.12. The van der Waals surface area contributed by atoms with Crippen molar-refractivity contribution in [2.75, 3.05) is 11.1 Å². The summed E-state index contributed by atoms with van der Waals surface area (Å²) in [4.78, 5) is 1.67. The van der Waals surface area contributed by atoms with Gasteiger partial charge in [-0.25, -0.2) is 0 Å². The topological polar surface area (TPSA) is 38.0 Å². The summed E-state index contributed by atoms with van der Waals surface area (Å²) in [6, 6.07) is 9.89. The Kier molecular flexibility index (Phi) is 3.80. The summed E-state index contributed by atoms with van der Waals surface area (Å²) in [6.45, 7) is 0. The molecule has 0 amide bonds. The first-order valence-corrected chi connectivity index (χ1v) is 6.32. The molecule has 0 aromatic heterocycles. The van der Waals surface area contributed by atoms with Gasteiger partial charge in [0.2, 0.25) is 0 Å². The van der Waals surface area contributed by atoms with E-state index in [1.807, 2.05) is 24.3 Å². The van der Waals surface area contributed by atoms with Crippen molar-refractivity contribution in [3.63, 3.8) is 0 Å². The molecule has 2 aromatic rings. The number of benzene rings is 2. The lowest BCUT2D eigenvalue weighted by molar-refractivity contribution is -0.136. The van der Waals surface area contributed by atoms with E-state index in [9.17, 15) is 13.2 Å². The standard InChI is InChI=1S/C13H9F3N2S.ClH/c14-13(15,16)7-5-6-10-12(11(7)17)18-8-3-1-2-4-9(8)19-10;/h1-6,18H,17H2;1H. The fourth-order valence-electron chi connectivity index (χ4n) is 1.97. The molecular formula is C13H10ClF3N2S. The SMILES string of the molecule is Cl.Nc1c(C(F)(F)F)ccc2c1Nc1ccccc1S2. The van der Waals surface area contributed by atoms with Crippen molar-refractivity contribution in [1.29, 1.82) is 0 Å². The summed E-state index contributed by atoms with van der Waals surface area (Å²) in [6.07, 6.45) is -4.44. The van der Waals surface area contributed by atoms with Crippen molar-refractivity contribution in [2.24, 2.45) is 0 Å². The van der Waals surface area contributed by atoms with Gasteiger partial charge in [0, 0.05) is 9.79 Å². The summed E-state index contributed by atoms with van der Waals surface area (Å²) in [5.74, 6) is 0. The maximum atomic E-state index is 12.8. The lowest BCUT2D eigenvalue weighted by atomic mass is 10.1. The quantitative estimate of drug-likeness (QED) is 0.578. The Hall–Kier alpha value is -1.53. The van der Waals surface area contributed by atoms with Gasteiger partial charge in [0.1, 0.15) is 0 Å². The molecule has 0 atom stereocenters. The number of hydrogen-bond acceptors (Lipinski definition) is 3. The lowest BCUT2D eigenvalue weighted by Gasteiger charge is -2.24. The second kappa shape index (κ2) is 5.10. The van der Waals surface area contributed by atoms with Crippen molar-refractivity contribution in [3.05, 3.63) is 42.0 Å². The van der Waals surface area contributed by atoms with Crippen LogP contribution in [0.2, 0.25) is 0 Å². The lowest BCUT2D eigenvalue weighted by Crippen LogP contribution is -2.12. The van der Waals surface area contributed by atoms with Gasteiger partial charge in [-0.1, -0.05) is 23.9 Å². The van der Waals surface area contributed by atoms with Gasteiger partial charge in [0.05, 0.1) is 22.6 Å². The molecule has 1 heterocycles. The number of nitrogen functional groups attached to an aromatic ring is 1. The van der Waals surface area contributed by atoms with Gasteiger partial charge in [0.15, 0.2) is 0 Å². The van der Waals surface area contributed by atoms with E-state index in [2.05, 4.69) is 5.32 Å². The monoisotopic (exact) mass is 318 g/mol. The van der Waals surface area contributed by atoms with Crippen LogP contribution in [0.4, 0.5) is 30.2 Å². The molecule has 2 aromatic carbocycles. The third-order valence-electron chi connectivity index (χ3n) is 2.88. The van der Waals surface area contributed by atoms with Crippen molar-refractivity contribution < 1.29 is 13.2 Å². The van der Waals surface area contributed by atoms with Crippen LogP contribution >= 0.6 is 24.2 Å². The average molecular weight is 319 g/mol. The Morgan fingerprint density at radius 3 is 2.40 bits per heavy atom. The van der Waals surface area contributed by atoms with E-state index >= 15 is 0 Å². The number of nitrogens with one attached hydrogen (secondary N) is 1. The van der Waals surface area contributed by atoms with Crippen LogP contribution in [0.15, 0.2) is 46.2 Å². The van der Waals surface area contributed by atoms with Crippen molar-refractivity contribution in [2.45, 2.75) is 16.0 Å². The van der Waals surface area contributed by atoms with Crippen LogP contribution < -0.4 is 11.1 Å². The Bertz CT molecular complexity index is 659. The zero-order valence-electron chi connectivity index (χ0n) is 9.99. The summed E-state index contributed by atoms with van der Waals surface area (Å²) < 4.78 is 38.4. The molecular weight excluding hydrogens is 309 g/mol. The van der Waals surface area contributed by atoms with E-state index in [4.69, 9.17) is 5.73 Å². The van der Waals surface area contributed by atoms with E-state index < -0.39 is 11.7 Å². The molecule has 3 rings (SSSR count). The largest absolute Gasteiger partial charge is 0.418 e. The molecule has 106 valence electrons. The van der Waals surface area contributed by atoms with E-state index in [1.165, 1.54) is 17.8 Å². The van der Waals surface area contributed by atoms with E-state index in [1.54, 1.807) is 0 Å². The molecule has 3 N–H and O–H groups in total. The van der Waals surface area contributed by atoms with Gasteiger partial charge in [-0.2, -0.15) is 13.2 Å². The average Bonchev–Trinajstić information content (AvgIpc) is 2.36. The van der Waals surface area contributed by atoms with Crippen LogP contribution in [0, 0.1) is 0 Å². The minimum absolute atomic E-state index is 0. The van der Waals surface area contributed by atoms with Crippen LogP contribution in [0.25, 0.3) is 0 Å². The van der Waals surface area contributed by atoms with E-state index in [0.717, 1.165) is 16.6 Å². The fourth-order valence-corrected chi connectivity index (χ4v) is 2.98. The minimum atomic E-state index is -4.44. The Balaban J connectivity index is 0.00000147. The maximum absolute atomic E-state index is 12.8.